The Labute approximate surface area is 225 Å². The molecule has 2 aromatic rings. The number of hydrogen-bond donors (Lipinski definition) is 0. The highest BCUT2D eigenvalue weighted by atomic mass is 32.2. The average molecular weight is 569 g/mol. The summed E-state index contributed by atoms with van der Waals surface area (Å²) >= 11 is 0. The molecule has 0 unspecified atom stereocenters. The number of sulfonamides is 1. The zero-order valence-electron chi connectivity index (χ0n) is 22.1. The van der Waals surface area contributed by atoms with Gasteiger partial charge in [0.05, 0.1) is 35.5 Å². The molecule has 212 valence electrons. The molecule has 0 aliphatic carbocycles. The van der Waals surface area contributed by atoms with E-state index >= 15 is 0 Å². The molecule has 2 aliphatic rings. The number of ether oxygens (including phenoxy) is 2. The highest BCUT2D eigenvalue weighted by molar-refractivity contribution is 7.92. The maximum Gasteiger partial charge on any atom is 0.416 e. The molecule has 39 heavy (non-hydrogen) atoms. The van der Waals surface area contributed by atoms with E-state index in [0.717, 1.165) is 22.5 Å². The molecule has 2 aliphatic heterocycles. The molecule has 0 radical (unpaired) electrons. The van der Waals surface area contributed by atoms with Crippen LogP contribution in [0.3, 0.4) is 0 Å². The Hall–Kier alpha value is -3.28. The Morgan fingerprint density at radius 3 is 2.36 bits per heavy atom. The molecule has 8 nitrogen and oxygen atoms in total. The minimum atomic E-state index is -4.74. The number of fused-ring (bicyclic) bond motifs is 1. The van der Waals surface area contributed by atoms with Crippen molar-refractivity contribution in [3.63, 3.8) is 0 Å². The van der Waals surface area contributed by atoms with Gasteiger partial charge in [0.2, 0.25) is 5.91 Å². The number of anilines is 1. The lowest BCUT2D eigenvalue weighted by atomic mass is 10.0. The molecule has 0 saturated carbocycles. The summed E-state index contributed by atoms with van der Waals surface area (Å²) in [5, 5.41) is 0. The monoisotopic (exact) mass is 568 g/mol. The van der Waals surface area contributed by atoms with Crippen LogP contribution in [0.5, 0.6) is 5.75 Å². The third-order valence-corrected chi connectivity index (χ3v) is 8.07. The average Bonchev–Trinajstić information content (AvgIpc) is 2.80. The summed E-state index contributed by atoms with van der Waals surface area (Å²) in [5.74, 6) is -0.208. The molecule has 4 rings (SSSR count). The molecule has 2 aromatic carbocycles. The van der Waals surface area contributed by atoms with Crippen LogP contribution < -0.4 is 9.04 Å². The second-order valence-electron chi connectivity index (χ2n) is 11.0. The fourth-order valence-corrected chi connectivity index (χ4v) is 6.08. The van der Waals surface area contributed by atoms with Gasteiger partial charge >= 0.3 is 12.1 Å². The number of nitrogens with zero attached hydrogens (tertiary/aromatic N) is 2. The zero-order chi connectivity index (χ0) is 28.8. The van der Waals surface area contributed by atoms with Gasteiger partial charge in [0.25, 0.3) is 10.0 Å². The van der Waals surface area contributed by atoms with Crippen molar-refractivity contribution in [3.05, 3.63) is 53.6 Å². The minimum absolute atomic E-state index is 0.0646. The Balaban J connectivity index is 1.69. The minimum Gasteiger partial charge on any atom is -0.486 e. The van der Waals surface area contributed by atoms with E-state index in [1.807, 2.05) is 6.92 Å². The molecule has 2 heterocycles. The van der Waals surface area contributed by atoms with Crippen LogP contribution in [0.15, 0.2) is 47.4 Å². The molecule has 0 aromatic heterocycles. The van der Waals surface area contributed by atoms with Crippen molar-refractivity contribution in [1.82, 2.24) is 4.90 Å². The quantitative estimate of drug-likeness (QED) is 0.480. The smallest absolute Gasteiger partial charge is 0.416 e. The van der Waals surface area contributed by atoms with Crippen LogP contribution in [0.2, 0.25) is 0 Å². The SMILES string of the molecule is CC1CN(C(=O)C[C@H]2CN(S(=O)(=O)c3cccc(C(F)(F)F)c3)c3cc(CC(=O)OC(C)(C)C)ccc3O2)C1. The fraction of sp³-hybridized carbons (Fsp3) is 0.481. The first-order valence-corrected chi connectivity index (χ1v) is 14.0. The lowest BCUT2D eigenvalue weighted by Gasteiger charge is -2.40. The number of benzene rings is 2. The van der Waals surface area contributed by atoms with Crippen LogP contribution in [0.25, 0.3) is 0 Å². The van der Waals surface area contributed by atoms with E-state index in [-0.39, 0.29) is 36.7 Å². The Morgan fingerprint density at radius 2 is 1.74 bits per heavy atom. The van der Waals surface area contributed by atoms with Crippen molar-refractivity contribution in [2.24, 2.45) is 5.92 Å². The molecule has 12 heteroatoms. The largest absolute Gasteiger partial charge is 0.486 e. The number of hydrogen-bond acceptors (Lipinski definition) is 6. The molecule has 1 saturated heterocycles. The number of likely N-dealkylation sites (tertiary alicyclic amines) is 1. The van der Waals surface area contributed by atoms with Gasteiger partial charge in [-0.1, -0.05) is 19.1 Å². The van der Waals surface area contributed by atoms with Crippen LogP contribution in [-0.4, -0.2) is 56.5 Å². The number of rotatable bonds is 6. The lowest BCUT2D eigenvalue weighted by Crippen LogP contribution is -2.51. The highest BCUT2D eigenvalue weighted by Crippen LogP contribution is 2.40. The molecule has 0 N–H and O–H groups in total. The summed E-state index contributed by atoms with van der Waals surface area (Å²) in [6.45, 7) is 8.07. The van der Waals surface area contributed by atoms with E-state index < -0.39 is 44.3 Å². The summed E-state index contributed by atoms with van der Waals surface area (Å²) in [5.41, 5.74) is -1.33. The summed E-state index contributed by atoms with van der Waals surface area (Å²) in [7, 11) is -4.51. The maximum absolute atomic E-state index is 13.7. The van der Waals surface area contributed by atoms with Gasteiger partial charge < -0.3 is 14.4 Å². The molecular formula is C27H31F3N2O6S. The van der Waals surface area contributed by atoms with Crippen molar-refractivity contribution < 1.29 is 40.7 Å². The Kier molecular flexibility index (Phi) is 7.63. The van der Waals surface area contributed by atoms with E-state index in [4.69, 9.17) is 9.47 Å². The summed E-state index contributed by atoms with van der Waals surface area (Å²) in [6, 6.07) is 8.01. The van der Waals surface area contributed by atoms with E-state index in [1.165, 1.54) is 12.1 Å². The van der Waals surface area contributed by atoms with E-state index in [9.17, 15) is 31.2 Å². The first-order chi connectivity index (χ1) is 18.0. The van der Waals surface area contributed by atoms with Crippen molar-refractivity contribution in [2.75, 3.05) is 23.9 Å². The van der Waals surface area contributed by atoms with Crippen molar-refractivity contribution >= 4 is 27.6 Å². The van der Waals surface area contributed by atoms with Crippen molar-refractivity contribution in [2.45, 2.75) is 63.3 Å². The predicted octanol–water partition coefficient (Wildman–Crippen LogP) is 4.41. The molecule has 1 amide bonds. The Morgan fingerprint density at radius 1 is 1.05 bits per heavy atom. The normalized spacial score (nSPS) is 18.2. The maximum atomic E-state index is 13.7. The number of alkyl halides is 3. The number of esters is 1. The van der Waals surface area contributed by atoms with Gasteiger partial charge in [0.1, 0.15) is 17.5 Å². The first-order valence-electron chi connectivity index (χ1n) is 12.5. The van der Waals surface area contributed by atoms with Gasteiger partial charge in [-0.3, -0.25) is 13.9 Å². The third kappa shape index (κ3) is 6.66. The highest BCUT2D eigenvalue weighted by Gasteiger charge is 2.39. The van der Waals surface area contributed by atoms with E-state index in [2.05, 4.69) is 0 Å². The van der Waals surface area contributed by atoms with Crippen molar-refractivity contribution in [3.8, 4) is 5.75 Å². The second kappa shape index (κ2) is 10.4. The van der Waals surface area contributed by atoms with Gasteiger partial charge in [-0.05, 0) is 62.6 Å². The molecule has 1 atom stereocenters. The van der Waals surface area contributed by atoms with Gasteiger partial charge in [-0.15, -0.1) is 0 Å². The predicted molar refractivity (Wildman–Crippen MR) is 137 cm³/mol. The second-order valence-corrected chi connectivity index (χ2v) is 12.8. The van der Waals surface area contributed by atoms with E-state index in [0.29, 0.717) is 30.6 Å². The standard InChI is InChI=1S/C27H31F3N2O6S/c1-17-14-31(15-17)24(33)13-20-16-32(39(35,36)21-7-5-6-19(12-21)27(28,29)30)22-10-18(8-9-23(22)37-20)11-25(34)38-26(2,3)4/h5-10,12,17,20H,11,13-16H2,1-4H3/t20-/m0/s1. The number of carbonyl (C=O) groups excluding carboxylic acids is 2. The zero-order valence-corrected chi connectivity index (χ0v) is 22.9. The molecule has 0 spiro atoms. The van der Waals surface area contributed by atoms with Crippen LogP contribution in [-0.2, 0) is 36.9 Å². The van der Waals surface area contributed by atoms with E-state index in [1.54, 1.807) is 31.7 Å². The number of amides is 1. The third-order valence-electron chi connectivity index (χ3n) is 6.29. The van der Waals surface area contributed by atoms with Gasteiger partial charge in [0.15, 0.2) is 0 Å². The summed E-state index contributed by atoms with van der Waals surface area (Å²) in [4.78, 5) is 26.2. The van der Waals surface area contributed by atoms with Crippen LogP contribution in [0.1, 0.15) is 45.2 Å². The summed E-state index contributed by atoms with van der Waals surface area (Å²) in [6.07, 6.45) is -5.85. The molecule has 1 fully saturated rings. The molecule has 0 bridgehead atoms. The fourth-order valence-electron chi connectivity index (χ4n) is 4.53. The topological polar surface area (TPSA) is 93.2 Å². The van der Waals surface area contributed by atoms with Crippen LogP contribution in [0.4, 0.5) is 18.9 Å². The number of halogens is 3. The van der Waals surface area contributed by atoms with Gasteiger partial charge in [-0.25, -0.2) is 8.42 Å². The van der Waals surface area contributed by atoms with Crippen molar-refractivity contribution in [1.29, 1.82) is 0 Å². The Bertz CT molecular complexity index is 1360. The molecular weight excluding hydrogens is 537 g/mol. The van der Waals surface area contributed by atoms with Gasteiger partial charge in [0, 0.05) is 13.1 Å². The summed E-state index contributed by atoms with van der Waals surface area (Å²) < 4.78 is 79.9. The number of carbonyl (C=O) groups is 2. The first kappa shape index (κ1) is 28.7. The lowest BCUT2D eigenvalue weighted by molar-refractivity contribution is -0.154. The van der Waals surface area contributed by atoms with Crippen LogP contribution in [0, 0.1) is 5.92 Å². The van der Waals surface area contributed by atoms with Gasteiger partial charge in [-0.2, -0.15) is 13.2 Å². The van der Waals surface area contributed by atoms with Crippen LogP contribution >= 0.6 is 0 Å².